The highest BCUT2D eigenvalue weighted by Gasteiger charge is 2.23. The molecule has 0 radical (unpaired) electrons. The molecule has 1 atom stereocenters. The van der Waals surface area contributed by atoms with Gasteiger partial charge in [0.1, 0.15) is 0 Å². The average Bonchev–Trinajstić information content (AvgIpc) is 2.53. The Bertz CT molecular complexity index is 513. The van der Waals surface area contributed by atoms with E-state index in [-0.39, 0.29) is 5.91 Å². The molecule has 4 nitrogen and oxygen atoms in total. The number of benzene rings is 1. The second kappa shape index (κ2) is 8.67. The Morgan fingerprint density at radius 1 is 1.22 bits per heavy atom. The van der Waals surface area contributed by atoms with Gasteiger partial charge in [0.25, 0.3) is 0 Å². The monoisotopic (exact) mass is 338 g/mol. The zero-order valence-electron chi connectivity index (χ0n) is 14.0. The van der Waals surface area contributed by atoms with Gasteiger partial charge in [0, 0.05) is 49.7 Å². The van der Waals surface area contributed by atoms with Crippen LogP contribution in [0.5, 0.6) is 0 Å². The van der Waals surface area contributed by atoms with E-state index >= 15 is 0 Å². The van der Waals surface area contributed by atoms with Gasteiger partial charge in [-0.05, 0) is 18.4 Å². The molecule has 1 aliphatic heterocycles. The minimum Gasteiger partial charge on any atom is -0.387 e. The van der Waals surface area contributed by atoms with E-state index in [2.05, 4.69) is 18.7 Å². The minimum atomic E-state index is -0.591. The van der Waals surface area contributed by atoms with Crippen LogP contribution < -0.4 is 0 Å². The number of carbonyl (C=O) groups is 1. The fraction of sp³-hybridized carbons (Fsp3) is 0.611. The smallest absolute Gasteiger partial charge is 0.222 e. The molecule has 128 valence electrons. The lowest BCUT2D eigenvalue weighted by Gasteiger charge is -2.36. The van der Waals surface area contributed by atoms with Crippen molar-refractivity contribution in [2.75, 3.05) is 32.7 Å². The van der Waals surface area contributed by atoms with Crippen molar-refractivity contribution < 1.29 is 9.90 Å². The lowest BCUT2D eigenvalue weighted by atomic mass is 10.1. The quantitative estimate of drug-likeness (QED) is 0.867. The van der Waals surface area contributed by atoms with Crippen LogP contribution in [0.25, 0.3) is 0 Å². The van der Waals surface area contributed by atoms with Gasteiger partial charge in [-0.25, -0.2) is 0 Å². The topological polar surface area (TPSA) is 43.8 Å². The van der Waals surface area contributed by atoms with Crippen molar-refractivity contribution in [1.82, 2.24) is 9.80 Å². The molecule has 23 heavy (non-hydrogen) atoms. The van der Waals surface area contributed by atoms with E-state index < -0.39 is 6.10 Å². The number of β-amino-alcohol motifs (C(OH)–C–C–N with tert-alkyl or cyclic N) is 1. The van der Waals surface area contributed by atoms with Gasteiger partial charge < -0.3 is 10.0 Å². The Kier molecular flexibility index (Phi) is 6.88. The molecule has 1 heterocycles. The van der Waals surface area contributed by atoms with Gasteiger partial charge in [0.15, 0.2) is 0 Å². The fourth-order valence-electron chi connectivity index (χ4n) is 2.84. The van der Waals surface area contributed by atoms with Crippen molar-refractivity contribution in [3.05, 3.63) is 34.9 Å². The predicted molar refractivity (Wildman–Crippen MR) is 93.5 cm³/mol. The summed E-state index contributed by atoms with van der Waals surface area (Å²) in [6.45, 7) is 7.92. The summed E-state index contributed by atoms with van der Waals surface area (Å²) >= 11 is 6.13. The molecule has 1 aromatic rings. The number of hydrogen-bond donors (Lipinski definition) is 1. The largest absolute Gasteiger partial charge is 0.387 e. The standard InChI is InChI=1S/C18H27ClN2O2/c1-14(2)7-8-18(23)21-11-9-20(10-12-21)13-17(22)15-5-3-4-6-16(15)19/h3-6,14,17,22H,7-13H2,1-2H3. The Labute approximate surface area is 144 Å². The second-order valence-corrected chi connectivity index (χ2v) is 7.06. The highest BCUT2D eigenvalue weighted by molar-refractivity contribution is 6.31. The average molecular weight is 339 g/mol. The summed E-state index contributed by atoms with van der Waals surface area (Å²) in [6, 6.07) is 7.40. The van der Waals surface area contributed by atoms with E-state index in [1.807, 2.05) is 23.1 Å². The Hall–Kier alpha value is -1.10. The zero-order valence-corrected chi connectivity index (χ0v) is 14.8. The zero-order chi connectivity index (χ0) is 16.8. The molecule has 1 amide bonds. The highest BCUT2D eigenvalue weighted by atomic mass is 35.5. The summed E-state index contributed by atoms with van der Waals surface area (Å²) in [5.41, 5.74) is 0.768. The van der Waals surface area contributed by atoms with E-state index in [1.54, 1.807) is 6.07 Å². The Balaban J connectivity index is 1.78. The first-order valence-corrected chi connectivity index (χ1v) is 8.77. The second-order valence-electron chi connectivity index (χ2n) is 6.65. The number of rotatable bonds is 6. The normalized spacial score (nSPS) is 17.5. The third-order valence-electron chi connectivity index (χ3n) is 4.36. The number of piperazine rings is 1. The third kappa shape index (κ3) is 5.48. The molecule has 1 saturated heterocycles. The van der Waals surface area contributed by atoms with Crippen molar-refractivity contribution in [3.8, 4) is 0 Å². The molecule has 1 aliphatic rings. The number of aliphatic hydroxyl groups excluding tert-OH is 1. The maximum Gasteiger partial charge on any atom is 0.222 e. The van der Waals surface area contributed by atoms with E-state index in [0.29, 0.717) is 23.9 Å². The summed E-state index contributed by atoms with van der Waals surface area (Å²) in [5.74, 6) is 0.816. The molecule has 0 bridgehead atoms. The summed E-state index contributed by atoms with van der Waals surface area (Å²) in [6.07, 6.45) is 0.997. The summed E-state index contributed by atoms with van der Waals surface area (Å²) in [5, 5.41) is 11.0. The molecular weight excluding hydrogens is 312 g/mol. The molecule has 0 saturated carbocycles. The van der Waals surface area contributed by atoms with Gasteiger partial charge in [0.05, 0.1) is 6.10 Å². The van der Waals surface area contributed by atoms with E-state index in [0.717, 1.165) is 38.2 Å². The first-order chi connectivity index (χ1) is 11.0. The molecule has 0 spiro atoms. The van der Waals surface area contributed by atoms with Crippen LogP contribution in [0.1, 0.15) is 38.4 Å². The van der Waals surface area contributed by atoms with Gasteiger partial charge >= 0.3 is 0 Å². The number of carbonyl (C=O) groups excluding carboxylic acids is 1. The fourth-order valence-corrected chi connectivity index (χ4v) is 3.10. The molecule has 1 N–H and O–H groups in total. The number of hydrogen-bond acceptors (Lipinski definition) is 3. The van der Waals surface area contributed by atoms with Crippen molar-refractivity contribution >= 4 is 17.5 Å². The number of aliphatic hydroxyl groups is 1. The first kappa shape index (κ1) is 18.2. The lowest BCUT2D eigenvalue weighted by Crippen LogP contribution is -2.49. The summed E-state index contributed by atoms with van der Waals surface area (Å²) in [4.78, 5) is 16.3. The van der Waals surface area contributed by atoms with Gasteiger partial charge in [-0.2, -0.15) is 0 Å². The van der Waals surface area contributed by atoms with Crippen LogP contribution in [-0.2, 0) is 4.79 Å². The molecule has 5 heteroatoms. The van der Waals surface area contributed by atoms with Crippen LogP contribution in [-0.4, -0.2) is 53.5 Å². The number of amides is 1. The van der Waals surface area contributed by atoms with E-state index in [4.69, 9.17) is 11.6 Å². The van der Waals surface area contributed by atoms with Crippen LogP contribution in [0.2, 0.25) is 5.02 Å². The lowest BCUT2D eigenvalue weighted by molar-refractivity contribution is -0.133. The summed E-state index contributed by atoms with van der Waals surface area (Å²) in [7, 11) is 0. The number of nitrogens with zero attached hydrogens (tertiary/aromatic N) is 2. The molecule has 0 aromatic heterocycles. The third-order valence-corrected chi connectivity index (χ3v) is 4.70. The molecule has 0 aliphatic carbocycles. The maximum atomic E-state index is 12.1. The summed E-state index contributed by atoms with van der Waals surface area (Å²) < 4.78 is 0. The van der Waals surface area contributed by atoms with Crippen LogP contribution in [0.3, 0.4) is 0 Å². The Morgan fingerprint density at radius 2 is 1.87 bits per heavy atom. The Morgan fingerprint density at radius 3 is 2.48 bits per heavy atom. The molecule has 1 unspecified atom stereocenters. The van der Waals surface area contributed by atoms with Crippen molar-refractivity contribution in [1.29, 1.82) is 0 Å². The van der Waals surface area contributed by atoms with Crippen molar-refractivity contribution in [3.63, 3.8) is 0 Å². The van der Waals surface area contributed by atoms with Crippen LogP contribution >= 0.6 is 11.6 Å². The van der Waals surface area contributed by atoms with E-state index in [1.165, 1.54) is 0 Å². The van der Waals surface area contributed by atoms with Crippen LogP contribution in [0.15, 0.2) is 24.3 Å². The van der Waals surface area contributed by atoms with Crippen molar-refractivity contribution in [2.45, 2.75) is 32.8 Å². The van der Waals surface area contributed by atoms with Crippen LogP contribution in [0, 0.1) is 5.92 Å². The number of halogens is 1. The maximum absolute atomic E-state index is 12.1. The van der Waals surface area contributed by atoms with Gasteiger partial charge in [-0.1, -0.05) is 43.6 Å². The first-order valence-electron chi connectivity index (χ1n) is 8.40. The van der Waals surface area contributed by atoms with Crippen LogP contribution in [0.4, 0.5) is 0 Å². The van der Waals surface area contributed by atoms with E-state index in [9.17, 15) is 9.90 Å². The molecular formula is C18H27ClN2O2. The van der Waals surface area contributed by atoms with Gasteiger partial charge in [0.2, 0.25) is 5.91 Å². The van der Waals surface area contributed by atoms with Crippen molar-refractivity contribution in [2.24, 2.45) is 5.92 Å². The minimum absolute atomic E-state index is 0.255. The SMILES string of the molecule is CC(C)CCC(=O)N1CCN(CC(O)c2ccccc2Cl)CC1. The highest BCUT2D eigenvalue weighted by Crippen LogP contribution is 2.23. The molecule has 2 rings (SSSR count). The van der Waals surface area contributed by atoms with Gasteiger partial charge in [-0.3, -0.25) is 9.69 Å². The predicted octanol–water partition coefficient (Wildman–Crippen LogP) is 2.95. The van der Waals surface area contributed by atoms with Gasteiger partial charge in [-0.15, -0.1) is 0 Å². The molecule has 1 fully saturated rings. The molecule has 1 aromatic carbocycles.